The molecular weight excluding hydrogens is 246 g/mol. The maximum absolute atomic E-state index is 12.2. The molecule has 3 aromatic rings. The Labute approximate surface area is 118 Å². The van der Waals surface area contributed by atoms with Crippen molar-refractivity contribution in [3.05, 3.63) is 54.1 Å². The Bertz CT molecular complexity index is 738. The Balaban J connectivity index is 2.42. The van der Waals surface area contributed by atoms with Crippen LogP contribution in [0.2, 0.25) is 0 Å². The first-order valence-corrected chi connectivity index (χ1v) is 7.02. The van der Waals surface area contributed by atoms with E-state index in [1.165, 1.54) is 0 Å². The van der Waals surface area contributed by atoms with Crippen LogP contribution in [0, 0.1) is 0 Å². The Morgan fingerprint density at radius 3 is 2.00 bits per heavy atom. The molecule has 0 saturated heterocycles. The van der Waals surface area contributed by atoms with E-state index in [0.717, 1.165) is 27.4 Å². The van der Waals surface area contributed by atoms with Crippen LogP contribution in [-0.2, 0) is 4.79 Å². The van der Waals surface area contributed by atoms with Crippen molar-refractivity contribution in [3.8, 4) is 0 Å². The summed E-state index contributed by atoms with van der Waals surface area (Å²) in [5.74, 6) is 0.171. The summed E-state index contributed by atoms with van der Waals surface area (Å²) in [5.41, 5.74) is 3.02. The SMILES string of the molecule is CCC(=O)C(C)c1c2ccccc2nc2ccccc12. The average Bonchev–Trinajstić information content (AvgIpc) is 2.51. The van der Waals surface area contributed by atoms with Gasteiger partial charge in [0, 0.05) is 23.1 Å². The minimum absolute atomic E-state index is 0.0993. The van der Waals surface area contributed by atoms with E-state index in [1.807, 2.05) is 50.2 Å². The zero-order valence-electron chi connectivity index (χ0n) is 11.8. The third kappa shape index (κ3) is 1.97. The summed E-state index contributed by atoms with van der Waals surface area (Å²) in [7, 11) is 0. The first-order chi connectivity index (χ1) is 9.72. The number of aromatic nitrogens is 1. The molecule has 20 heavy (non-hydrogen) atoms. The molecule has 2 nitrogen and oxygen atoms in total. The number of carbonyl (C=O) groups is 1. The number of para-hydroxylation sites is 2. The number of hydrogen-bond donors (Lipinski definition) is 0. The zero-order valence-corrected chi connectivity index (χ0v) is 11.8. The molecule has 1 heterocycles. The molecule has 2 heteroatoms. The van der Waals surface area contributed by atoms with E-state index >= 15 is 0 Å². The predicted molar refractivity (Wildman–Crippen MR) is 83.0 cm³/mol. The molecule has 1 aromatic heterocycles. The number of fused-ring (bicyclic) bond motifs is 2. The second-order valence-corrected chi connectivity index (χ2v) is 5.10. The van der Waals surface area contributed by atoms with Gasteiger partial charge in [-0.1, -0.05) is 50.2 Å². The van der Waals surface area contributed by atoms with Gasteiger partial charge in [0.05, 0.1) is 11.0 Å². The number of hydrogen-bond acceptors (Lipinski definition) is 2. The van der Waals surface area contributed by atoms with E-state index in [9.17, 15) is 4.79 Å². The number of ketones is 1. The van der Waals surface area contributed by atoms with Crippen molar-refractivity contribution in [3.63, 3.8) is 0 Å². The van der Waals surface area contributed by atoms with Crippen molar-refractivity contribution in [2.45, 2.75) is 26.2 Å². The van der Waals surface area contributed by atoms with Crippen LogP contribution in [0.1, 0.15) is 31.7 Å². The van der Waals surface area contributed by atoms with Crippen molar-refractivity contribution in [2.75, 3.05) is 0 Å². The summed E-state index contributed by atoms with van der Waals surface area (Å²) in [6.07, 6.45) is 0.562. The molecule has 0 fully saturated rings. The number of pyridine rings is 1. The molecule has 1 atom stereocenters. The molecule has 0 amide bonds. The van der Waals surface area contributed by atoms with Gasteiger partial charge in [0.15, 0.2) is 0 Å². The van der Waals surface area contributed by atoms with Crippen LogP contribution in [0.15, 0.2) is 48.5 Å². The lowest BCUT2D eigenvalue weighted by Gasteiger charge is -2.16. The van der Waals surface area contributed by atoms with Crippen LogP contribution in [0.25, 0.3) is 21.8 Å². The van der Waals surface area contributed by atoms with E-state index < -0.39 is 0 Å². The lowest BCUT2D eigenvalue weighted by molar-refractivity contribution is -0.119. The van der Waals surface area contributed by atoms with Gasteiger partial charge in [-0.25, -0.2) is 4.98 Å². The van der Waals surface area contributed by atoms with Gasteiger partial charge >= 0.3 is 0 Å². The summed E-state index contributed by atoms with van der Waals surface area (Å²) >= 11 is 0. The molecule has 2 aromatic carbocycles. The van der Waals surface area contributed by atoms with Gasteiger partial charge in [-0.2, -0.15) is 0 Å². The smallest absolute Gasteiger partial charge is 0.139 e. The van der Waals surface area contributed by atoms with Crippen LogP contribution in [-0.4, -0.2) is 10.8 Å². The molecule has 0 spiro atoms. The predicted octanol–water partition coefficient (Wildman–Crippen LogP) is 4.47. The minimum atomic E-state index is -0.0993. The maximum Gasteiger partial charge on any atom is 0.139 e. The third-order valence-electron chi connectivity index (χ3n) is 3.89. The van der Waals surface area contributed by atoms with Gasteiger partial charge in [0.2, 0.25) is 0 Å². The molecule has 1 unspecified atom stereocenters. The molecule has 0 aliphatic carbocycles. The fourth-order valence-electron chi connectivity index (χ4n) is 2.81. The van der Waals surface area contributed by atoms with Crippen molar-refractivity contribution in [2.24, 2.45) is 0 Å². The van der Waals surface area contributed by atoms with Crippen LogP contribution >= 0.6 is 0 Å². The van der Waals surface area contributed by atoms with E-state index in [2.05, 4.69) is 12.1 Å². The monoisotopic (exact) mass is 263 g/mol. The highest BCUT2D eigenvalue weighted by Crippen LogP contribution is 2.32. The van der Waals surface area contributed by atoms with Gasteiger partial charge in [-0.3, -0.25) is 4.79 Å². The maximum atomic E-state index is 12.2. The molecule has 0 aliphatic rings. The minimum Gasteiger partial charge on any atom is -0.299 e. The summed E-state index contributed by atoms with van der Waals surface area (Å²) in [5, 5.41) is 2.17. The average molecular weight is 263 g/mol. The fourth-order valence-corrected chi connectivity index (χ4v) is 2.81. The quantitative estimate of drug-likeness (QED) is 0.652. The summed E-state index contributed by atoms with van der Waals surface area (Å²) in [4.78, 5) is 16.9. The standard InChI is InChI=1S/C18H17NO/c1-3-17(20)12(2)18-13-8-4-6-10-15(13)19-16-11-7-5-9-14(16)18/h4-12H,3H2,1-2H3. The Morgan fingerprint density at radius 1 is 1.00 bits per heavy atom. The van der Waals surface area contributed by atoms with Crippen molar-refractivity contribution < 1.29 is 4.79 Å². The molecule has 0 aliphatic heterocycles. The molecule has 0 N–H and O–H groups in total. The highest BCUT2D eigenvalue weighted by Gasteiger charge is 2.19. The van der Waals surface area contributed by atoms with E-state index in [1.54, 1.807) is 0 Å². The van der Waals surface area contributed by atoms with Gasteiger partial charge < -0.3 is 0 Å². The van der Waals surface area contributed by atoms with Gasteiger partial charge in [-0.05, 0) is 17.7 Å². The van der Waals surface area contributed by atoms with Crippen molar-refractivity contribution in [1.29, 1.82) is 0 Å². The van der Waals surface area contributed by atoms with Crippen LogP contribution in [0.4, 0.5) is 0 Å². The molecule has 3 rings (SSSR count). The van der Waals surface area contributed by atoms with Crippen LogP contribution in [0.3, 0.4) is 0 Å². The van der Waals surface area contributed by atoms with Crippen molar-refractivity contribution in [1.82, 2.24) is 4.98 Å². The fraction of sp³-hybridized carbons (Fsp3) is 0.222. The number of benzene rings is 2. The molecule has 100 valence electrons. The van der Waals surface area contributed by atoms with Gasteiger partial charge in [-0.15, -0.1) is 0 Å². The highest BCUT2D eigenvalue weighted by molar-refractivity contribution is 6.02. The summed E-state index contributed by atoms with van der Waals surface area (Å²) < 4.78 is 0. The lowest BCUT2D eigenvalue weighted by Crippen LogP contribution is -2.09. The number of rotatable bonds is 3. The number of carbonyl (C=O) groups excluding carboxylic acids is 1. The lowest BCUT2D eigenvalue weighted by atomic mass is 9.89. The zero-order chi connectivity index (χ0) is 14.1. The molecule has 0 saturated carbocycles. The topological polar surface area (TPSA) is 30.0 Å². The van der Waals surface area contributed by atoms with Crippen LogP contribution < -0.4 is 0 Å². The first kappa shape index (κ1) is 12.8. The van der Waals surface area contributed by atoms with Crippen molar-refractivity contribution >= 4 is 27.6 Å². The summed E-state index contributed by atoms with van der Waals surface area (Å²) in [6.45, 7) is 3.92. The van der Waals surface area contributed by atoms with E-state index in [-0.39, 0.29) is 11.7 Å². The molecular formula is C18H17NO. The second-order valence-electron chi connectivity index (χ2n) is 5.10. The largest absolute Gasteiger partial charge is 0.299 e. The van der Waals surface area contributed by atoms with E-state index in [4.69, 9.17) is 4.98 Å². The van der Waals surface area contributed by atoms with Gasteiger partial charge in [0.25, 0.3) is 0 Å². The molecule has 0 radical (unpaired) electrons. The normalized spacial score (nSPS) is 12.7. The number of nitrogens with zero attached hydrogens (tertiary/aromatic N) is 1. The number of Topliss-reactive ketones (excluding diaryl/α,β-unsaturated/α-hetero) is 1. The van der Waals surface area contributed by atoms with E-state index in [0.29, 0.717) is 6.42 Å². The van der Waals surface area contributed by atoms with Gasteiger partial charge in [0.1, 0.15) is 5.78 Å². The third-order valence-corrected chi connectivity index (χ3v) is 3.89. The highest BCUT2D eigenvalue weighted by atomic mass is 16.1. The second kappa shape index (κ2) is 5.04. The first-order valence-electron chi connectivity index (χ1n) is 7.02. The van der Waals surface area contributed by atoms with Crippen LogP contribution in [0.5, 0.6) is 0 Å². The molecule has 0 bridgehead atoms. The summed E-state index contributed by atoms with van der Waals surface area (Å²) in [6, 6.07) is 16.1. The Hall–Kier alpha value is -2.22. The Morgan fingerprint density at radius 2 is 1.50 bits per heavy atom. The Kier molecular flexibility index (Phi) is 3.23.